The molecule has 0 saturated heterocycles. The van der Waals surface area contributed by atoms with Crippen LogP contribution in [0.15, 0.2) is 33.0 Å². The third-order valence-electron chi connectivity index (χ3n) is 3.86. The molecule has 0 radical (unpaired) electrons. The van der Waals surface area contributed by atoms with Crippen molar-refractivity contribution < 1.29 is 42.6 Å². The van der Waals surface area contributed by atoms with Crippen LogP contribution in [0.1, 0.15) is 5.76 Å². The highest BCUT2D eigenvalue weighted by Gasteiger charge is 2.42. The molecule has 2 heterocycles. The smallest absolute Gasteiger partial charge is 0.355 e. The van der Waals surface area contributed by atoms with E-state index in [1.807, 2.05) is 0 Å². The van der Waals surface area contributed by atoms with E-state index >= 15 is 0 Å². The largest absolute Gasteiger partial charge is 0.466 e. The molecular formula is C17H18N2O9. The molecule has 0 aromatic carbocycles. The van der Waals surface area contributed by atoms with Crippen LogP contribution in [0.25, 0.3) is 0 Å². The molecule has 0 unspecified atom stereocenters. The van der Waals surface area contributed by atoms with E-state index in [0.29, 0.717) is 5.76 Å². The van der Waals surface area contributed by atoms with Gasteiger partial charge in [0.25, 0.3) is 0 Å². The maximum atomic E-state index is 12.5. The first kappa shape index (κ1) is 20.7. The van der Waals surface area contributed by atoms with Crippen LogP contribution in [0.5, 0.6) is 0 Å². The second-order valence-corrected chi connectivity index (χ2v) is 5.43. The SMILES string of the molecule is COC(=O)C1=C(C(=O)OC)C(C(=O)OC)=C(C(=O)OC)N(c2cc(C)on2)C1. The fourth-order valence-electron chi connectivity index (χ4n) is 2.62. The van der Waals surface area contributed by atoms with Crippen molar-refractivity contribution in [3.05, 3.63) is 34.2 Å². The predicted molar refractivity (Wildman–Crippen MR) is 90.7 cm³/mol. The van der Waals surface area contributed by atoms with Crippen molar-refractivity contribution in [1.82, 2.24) is 5.16 Å². The van der Waals surface area contributed by atoms with Gasteiger partial charge in [0, 0.05) is 6.07 Å². The van der Waals surface area contributed by atoms with Gasteiger partial charge in [-0.15, -0.1) is 0 Å². The highest BCUT2D eigenvalue weighted by Crippen LogP contribution is 2.34. The minimum absolute atomic E-state index is 0.102. The van der Waals surface area contributed by atoms with Gasteiger partial charge in [0.2, 0.25) is 0 Å². The summed E-state index contributed by atoms with van der Waals surface area (Å²) in [6, 6.07) is 1.47. The van der Waals surface area contributed by atoms with E-state index in [9.17, 15) is 19.2 Å². The lowest BCUT2D eigenvalue weighted by Gasteiger charge is -2.30. The van der Waals surface area contributed by atoms with E-state index in [1.54, 1.807) is 6.92 Å². The lowest BCUT2D eigenvalue weighted by molar-refractivity contribution is -0.142. The van der Waals surface area contributed by atoms with Crippen LogP contribution in [0.2, 0.25) is 0 Å². The summed E-state index contributed by atoms with van der Waals surface area (Å²) in [5.74, 6) is -3.46. The van der Waals surface area contributed by atoms with Crippen LogP contribution in [0.4, 0.5) is 5.82 Å². The topological polar surface area (TPSA) is 134 Å². The molecule has 0 fully saturated rings. The number of nitrogens with zero attached hydrogens (tertiary/aromatic N) is 2. The molecule has 1 aliphatic heterocycles. The minimum Gasteiger partial charge on any atom is -0.466 e. The number of anilines is 1. The molecule has 11 nitrogen and oxygen atoms in total. The molecule has 150 valence electrons. The Kier molecular flexibility index (Phi) is 6.18. The molecule has 0 N–H and O–H groups in total. The van der Waals surface area contributed by atoms with Crippen molar-refractivity contribution in [3.63, 3.8) is 0 Å². The van der Waals surface area contributed by atoms with Gasteiger partial charge >= 0.3 is 23.9 Å². The van der Waals surface area contributed by atoms with E-state index < -0.39 is 35.0 Å². The maximum absolute atomic E-state index is 12.5. The zero-order valence-electron chi connectivity index (χ0n) is 15.9. The summed E-state index contributed by atoms with van der Waals surface area (Å²) in [7, 11) is 4.31. The number of aryl methyl sites for hydroxylation is 1. The molecule has 0 aliphatic carbocycles. The number of hydrogen-bond donors (Lipinski definition) is 0. The van der Waals surface area contributed by atoms with Crippen molar-refractivity contribution >= 4 is 29.7 Å². The number of rotatable bonds is 5. The van der Waals surface area contributed by atoms with Crippen LogP contribution < -0.4 is 4.90 Å². The summed E-state index contributed by atoms with van der Waals surface area (Å²) < 4.78 is 23.9. The average molecular weight is 394 g/mol. The van der Waals surface area contributed by atoms with Gasteiger partial charge in [-0.25, -0.2) is 19.2 Å². The quantitative estimate of drug-likeness (QED) is 0.495. The number of carbonyl (C=O) groups is 4. The second kappa shape index (κ2) is 8.37. The molecule has 11 heteroatoms. The Morgan fingerprint density at radius 3 is 1.89 bits per heavy atom. The molecule has 0 spiro atoms. The Morgan fingerprint density at radius 2 is 1.43 bits per heavy atom. The summed E-state index contributed by atoms with van der Waals surface area (Å²) in [5.41, 5.74) is -1.58. The maximum Gasteiger partial charge on any atom is 0.355 e. The Morgan fingerprint density at radius 1 is 0.893 bits per heavy atom. The number of methoxy groups -OCH3 is 4. The first-order valence-electron chi connectivity index (χ1n) is 7.82. The third-order valence-corrected chi connectivity index (χ3v) is 3.86. The van der Waals surface area contributed by atoms with Gasteiger partial charge in [-0.3, -0.25) is 0 Å². The van der Waals surface area contributed by atoms with Gasteiger partial charge in [-0.05, 0) is 6.92 Å². The molecule has 0 saturated carbocycles. The van der Waals surface area contributed by atoms with Crippen LogP contribution >= 0.6 is 0 Å². The Balaban J connectivity index is 2.90. The van der Waals surface area contributed by atoms with E-state index in [1.165, 1.54) is 11.0 Å². The van der Waals surface area contributed by atoms with Crippen LogP contribution in [-0.4, -0.2) is 64.0 Å². The summed E-state index contributed by atoms with van der Waals surface area (Å²) in [6.45, 7) is 1.27. The summed E-state index contributed by atoms with van der Waals surface area (Å²) in [6.07, 6.45) is 0. The van der Waals surface area contributed by atoms with Crippen molar-refractivity contribution in [1.29, 1.82) is 0 Å². The first-order valence-corrected chi connectivity index (χ1v) is 7.82. The van der Waals surface area contributed by atoms with E-state index in [0.717, 1.165) is 28.4 Å². The van der Waals surface area contributed by atoms with Gasteiger partial charge in [-0.2, -0.15) is 0 Å². The van der Waals surface area contributed by atoms with Gasteiger partial charge < -0.3 is 28.4 Å². The van der Waals surface area contributed by atoms with Crippen molar-refractivity contribution in [2.24, 2.45) is 0 Å². The molecule has 28 heavy (non-hydrogen) atoms. The lowest BCUT2D eigenvalue weighted by Crippen LogP contribution is -2.41. The Bertz CT molecular complexity index is 894. The van der Waals surface area contributed by atoms with Gasteiger partial charge in [0.05, 0.1) is 46.1 Å². The lowest BCUT2D eigenvalue weighted by atomic mass is 9.92. The molecule has 0 amide bonds. The van der Waals surface area contributed by atoms with E-state index in [4.69, 9.17) is 23.5 Å². The minimum atomic E-state index is -1.06. The highest BCUT2D eigenvalue weighted by atomic mass is 16.5. The average Bonchev–Trinajstić information content (AvgIpc) is 3.15. The van der Waals surface area contributed by atoms with Crippen molar-refractivity contribution in [2.45, 2.75) is 6.92 Å². The fourth-order valence-corrected chi connectivity index (χ4v) is 2.62. The molecule has 2 rings (SSSR count). The van der Waals surface area contributed by atoms with Crippen molar-refractivity contribution in [2.75, 3.05) is 39.9 Å². The molecule has 0 atom stereocenters. The summed E-state index contributed by atoms with van der Waals surface area (Å²) >= 11 is 0. The molecule has 0 bridgehead atoms. The Labute approximate surface area is 159 Å². The van der Waals surface area contributed by atoms with E-state index in [-0.39, 0.29) is 23.6 Å². The Hall–Kier alpha value is -3.63. The fraction of sp³-hybridized carbons (Fsp3) is 0.353. The highest BCUT2D eigenvalue weighted by molar-refractivity contribution is 6.17. The van der Waals surface area contributed by atoms with Gasteiger partial charge in [-0.1, -0.05) is 5.16 Å². The van der Waals surface area contributed by atoms with Crippen LogP contribution in [0.3, 0.4) is 0 Å². The second-order valence-electron chi connectivity index (χ2n) is 5.43. The molecular weight excluding hydrogens is 376 g/mol. The molecule has 1 aliphatic rings. The van der Waals surface area contributed by atoms with Crippen LogP contribution in [0, 0.1) is 6.92 Å². The number of hydrogen-bond acceptors (Lipinski definition) is 11. The van der Waals surface area contributed by atoms with Gasteiger partial charge in [0.1, 0.15) is 17.0 Å². The number of carbonyl (C=O) groups excluding carboxylic acids is 4. The number of ether oxygens (including phenoxy) is 4. The zero-order valence-corrected chi connectivity index (χ0v) is 15.9. The van der Waals surface area contributed by atoms with Crippen LogP contribution in [-0.2, 0) is 38.1 Å². The first-order chi connectivity index (χ1) is 13.3. The van der Waals surface area contributed by atoms with Gasteiger partial charge in [0.15, 0.2) is 5.82 Å². The summed E-state index contributed by atoms with van der Waals surface area (Å²) in [5, 5.41) is 3.80. The molecule has 1 aromatic heterocycles. The van der Waals surface area contributed by atoms with Crippen molar-refractivity contribution in [3.8, 4) is 0 Å². The number of aromatic nitrogens is 1. The molecule has 1 aromatic rings. The zero-order chi connectivity index (χ0) is 21.0. The van der Waals surface area contributed by atoms with E-state index in [2.05, 4.69) is 5.16 Å². The summed E-state index contributed by atoms with van der Waals surface area (Å²) in [4.78, 5) is 50.9. The number of esters is 4. The standard InChI is InChI=1S/C17H18N2O9/c1-8-6-10(18-28-8)19-7-9(14(20)24-2)11(15(21)25-3)12(16(22)26-4)13(19)17(23)27-5/h6H,7H2,1-5H3. The third kappa shape index (κ3) is 3.59. The predicted octanol–water partition coefficient (Wildman–Crippen LogP) is 0.0457. The normalized spacial score (nSPS) is 14.0. The monoisotopic (exact) mass is 394 g/mol.